The lowest BCUT2D eigenvalue weighted by molar-refractivity contribution is -0.272. The van der Waals surface area contributed by atoms with Crippen LogP contribution in [-0.2, 0) is 13.6 Å². The molecular formula is C16H20F4N4O3. The molecular weight excluding hydrogens is 372 g/mol. The molecule has 0 saturated heterocycles. The molecule has 1 N–H and O–H groups in total. The van der Waals surface area contributed by atoms with Gasteiger partial charge in [-0.15, -0.1) is 0 Å². The molecule has 1 aliphatic carbocycles. The highest BCUT2D eigenvalue weighted by Gasteiger charge is 2.54. The van der Waals surface area contributed by atoms with Crippen molar-refractivity contribution in [3.05, 3.63) is 27.2 Å². The van der Waals surface area contributed by atoms with E-state index < -0.39 is 42.2 Å². The summed E-state index contributed by atoms with van der Waals surface area (Å²) < 4.78 is 55.5. The summed E-state index contributed by atoms with van der Waals surface area (Å²) in [5.41, 5.74) is -4.15. The van der Waals surface area contributed by atoms with Gasteiger partial charge in [-0.05, 0) is 38.5 Å². The van der Waals surface area contributed by atoms with Gasteiger partial charge in [-0.25, -0.2) is 14.2 Å². The summed E-state index contributed by atoms with van der Waals surface area (Å²) in [7, 11) is 1.38. The smallest absolute Gasteiger partial charge is 0.380 e. The number of aryl methyl sites for hydroxylation is 1. The van der Waals surface area contributed by atoms with Crippen LogP contribution in [0.15, 0.2) is 15.9 Å². The van der Waals surface area contributed by atoms with Crippen LogP contribution in [0.25, 0.3) is 11.2 Å². The normalized spacial score (nSPS) is 25.1. The van der Waals surface area contributed by atoms with Crippen LogP contribution in [0.2, 0.25) is 0 Å². The number of hydrogen-bond acceptors (Lipinski definition) is 4. The molecule has 0 spiro atoms. The first kappa shape index (κ1) is 19.6. The number of halogens is 4. The SMILES string of the molecule is CC(F)n1cnc2c(=O)n(CC3CCC(O)(C(F)(F)F)CC3)c(=O)n(C)c21. The van der Waals surface area contributed by atoms with E-state index in [0.717, 1.165) is 20.0 Å². The molecule has 0 radical (unpaired) electrons. The largest absolute Gasteiger partial charge is 0.417 e. The number of imidazole rings is 1. The Morgan fingerprint density at radius 2 is 1.93 bits per heavy atom. The van der Waals surface area contributed by atoms with Gasteiger partial charge in [-0.3, -0.25) is 18.5 Å². The minimum atomic E-state index is -4.71. The summed E-state index contributed by atoms with van der Waals surface area (Å²) in [6.07, 6.45) is -5.98. The number of aliphatic hydroxyl groups is 1. The zero-order valence-electron chi connectivity index (χ0n) is 14.8. The summed E-state index contributed by atoms with van der Waals surface area (Å²) in [6, 6.07) is 0. The number of rotatable bonds is 3. The van der Waals surface area contributed by atoms with Crippen LogP contribution in [-0.4, -0.2) is 35.6 Å². The van der Waals surface area contributed by atoms with Crippen LogP contribution < -0.4 is 11.2 Å². The van der Waals surface area contributed by atoms with E-state index in [9.17, 15) is 32.3 Å². The maximum absolute atomic E-state index is 13.7. The molecule has 7 nitrogen and oxygen atoms in total. The second-order valence-corrected chi connectivity index (χ2v) is 7.13. The fourth-order valence-electron chi connectivity index (χ4n) is 3.62. The van der Waals surface area contributed by atoms with Crippen LogP contribution in [0.4, 0.5) is 17.6 Å². The van der Waals surface area contributed by atoms with E-state index in [4.69, 9.17) is 0 Å². The lowest BCUT2D eigenvalue weighted by atomic mass is 9.78. The van der Waals surface area contributed by atoms with E-state index in [2.05, 4.69) is 4.98 Å². The second-order valence-electron chi connectivity index (χ2n) is 7.13. The van der Waals surface area contributed by atoms with Gasteiger partial charge in [-0.1, -0.05) is 0 Å². The topological polar surface area (TPSA) is 82.1 Å². The summed E-state index contributed by atoms with van der Waals surface area (Å²) in [5, 5.41) is 9.73. The Bertz CT molecular complexity index is 965. The first-order chi connectivity index (χ1) is 12.5. The maximum atomic E-state index is 13.7. The van der Waals surface area contributed by atoms with Gasteiger partial charge in [0.1, 0.15) is 0 Å². The van der Waals surface area contributed by atoms with Crippen molar-refractivity contribution < 1.29 is 22.7 Å². The Morgan fingerprint density at radius 1 is 1.33 bits per heavy atom. The molecule has 0 aromatic carbocycles. The monoisotopic (exact) mass is 392 g/mol. The zero-order chi connectivity index (χ0) is 20.1. The van der Waals surface area contributed by atoms with Gasteiger partial charge in [0.25, 0.3) is 5.56 Å². The van der Waals surface area contributed by atoms with E-state index in [-0.39, 0.29) is 36.5 Å². The second kappa shape index (κ2) is 6.47. The Kier molecular flexibility index (Phi) is 4.69. The van der Waals surface area contributed by atoms with Crippen LogP contribution in [0.3, 0.4) is 0 Å². The van der Waals surface area contributed by atoms with Crippen LogP contribution in [0, 0.1) is 5.92 Å². The van der Waals surface area contributed by atoms with Gasteiger partial charge >= 0.3 is 11.9 Å². The summed E-state index contributed by atoms with van der Waals surface area (Å²) in [4.78, 5) is 29.1. The van der Waals surface area contributed by atoms with E-state index in [1.165, 1.54) is 14.0 Å². The minimum Gasteiger partial charge on any atom is -0.380 e. The van der Waals surface area contributed by atoms with Gasteiger partial charge < -0.3 is 5.11 Å². The lowest BCUT2D eigenvalue weighted by Crippen LogP contribution is -2.49. The maximum Gasteiger partial charge on any atom is 0.417 e. The Balaban J connectivity index is 1.91. The van der Waals surface area contributed by atoms with E-state index in [0.29, 0.717) is 0 Å². The molecule has 1 fully saturated rings. The molecule has 0 bridgehead atoms. The molecule has 0 aliphatic heterocycles. The van der Waals surface area contributed by atoms with E-state index >= 15 is 0 Å². The van der Waals surface area contributed by atoms with Crippen molar-refractivity contribution in [2.24, 2.45) is 13.0 Å². The summed E-state index contributed by atoms with van der Waals surface area (Å²) >= 11 is 0. The van der Waals surface area contributed by atoms with Crippen molar-refractivity contribution in [3.63, 3.8) is 0 Å². The highest BCUT2D eigenvalue weighted by Crippen LogP contribution is 2.43. The van der Waals surface area contributed by atoms with Crippen molar-refractivity contribution in [1.29, 1.82) is 0 Å². The zero-order valence-corrected chi connectivity index (χ0v) is 14.8. The number of hydrogen-bond donors (Lipinski definition) is 1. The molecule has 1 saturated carbocycles. The Morgan fingerprint density at radius 3 is 2.44 bits per heavy atom. The number of alkyl halides is 4. The molecule has 0 amide bonds. The summed E-state index contributed by atoms with van der Waals surface area (Å²) in [6.45, 7) is 1.16. The first-order valence-electron chi connectivity index (χ1n) is 8.56. The highest BCUT2D eigenvalue weighted by atomic mass is 19.4. The molecule has 2 aromatic rings. The van der Waals surface area contributed by atoms with Gasteiger partial charge in [0.15, 0.2) is 23.1 Å². The van der Waals surface area contributed by atoms with Crippen molar-refractivity contribution in [1.82, 2.24) is 18.7 Å². The lowest BCUT2D eigenvalue weighted by Gasteiger charge is -2.37. The first-order valence-corrected chi connectivity index (χ1v) is 8.56. The van der Waals surface area contributed by atoms with Crippen molar-refractivity contribution in [2.75, 3.05) is 0 Å². The van der Waals surface area contributed by atoms with Gasteiger partial charge in [-0.2, -0.15) is 13.2 Å². The number of aromatic nitrogens is 4. The molecule has 11 heteroatoms. The Hall–Kier alpha value is -2.17. The molecule has 2 aromatic heterocycles. The van der Waals surface area contributed by atoms with Gasteiger partial charge in [0.2, 0.25) is 0 Å². The van der Waals surface area contributed by atoms with Crippen molar-refractivity contribution >= 4 is 11.2 Å². The van der Waals surface area contributed by atoms with Crippen molar-refractivity contribution in [3.8, 4) is 0 Å². The van der Waals surface area contributed by atoms with Crippen LogP contribution >= 0.6 is 0 Å². The van der Waals surface area contributed by atoms with Gasteiger partial charge in [0, 0.05) is 13.6 Å². The quantitative estimate of drug-likeness (QED) is 0.809. The third kappa shape index (κ3) is 3.17. The third-order valence-electron chi connectivity index (χ3n) is 5.33. The predicted molar refractivity (Wildman–Crippen MR) is 88.0 cm³/mol. The van der Waals surface area contributed by atoms with Crippen LogP contribution in [0.5, 0.6) is 0 Å². The third-order valence-corrected chi connectivity index (χ3v) is 5.33. The molecule has 27 heavy (non-hydrogen) atoms. The van der Waals surface area contributed by atoms with Crippen LogP contribution in [0.1, 0.15) is 38.9 Å². The van der Waals surface area contributed by atoms with Crippen molar-refractivity contribution in [2.45, 2.75) is 57.2 Å². The fraction of sp³-hybridized carbons (Fsp3) is 0.688. The number of fused-ring (bicyclic) bond motifs is 1. The molecule has 1 aliphatic rings. The molecule has 1 unspecified atom stereocenters. The molecule has 2 heterocycles. The highest BCUT2D eigenvalue weighted by molar-refractivity contribution is 5.69. The number of nitrogens with zero attached hydrogens (tertiary/aromatic N) is 4. The standard InChI is InChI=1S/C16H20F4N4O3/c1-9(17)24-8-21-11-12(24)22(2)14(26)23(13(11)25)7-10-3-5-15(27,6-4-10)16(18,19)20/h8-10,27H,3-7H2,1-2H3. The average molecular weight is 392 g/mol. The summed E-state index contributed by atoms with van der Waals surface area (Å²) in [5.74, 6) is -0.363. The fourth-order valence-corrected chi connectivity index (χ4v) is 3.62. The minimum absolute atomic E-state index is 0.0274. The Labute approximate surface area is 150 Å². The molecule has 1 atom stereocenters. The molecule has 150 valence electrons. The van der Waals surface area contributed by atoms with E-state index in [1.807, 2.05) is 0 Å². The predicted octanol–water partition coefficient (Wildman–Crippen LogP) is 1.87. The average Bonchev–Trinajstić information content (AvgIpc) is 3.03. The van der Waals surface area contributed by atoms with E-state index in [1.54, 1.807) is 0 Å². The molecule has 3 rings (SSSR count). The van der Waals surface area contributed by atoms with Gasteiger partial charge in [0.05, 0.1) is 6.33 Å².